The standard InChI is InChI=1S/C18H21N3O2/c1-3-11-21(12-4-2)14-16(13-19)18(23)20-10-9-15-5-7-17(22)8-6-15/h3-8,14,22H,1-2,9-12H2,(H,20,23)/b16-14-. The van der Waals surface area contributed by atoms with E-state index in [2.05, 4.69) is 18.5 Å². The molecule has 0 unspecified atom stereocenters. The molecule has 0 bridgehead atoms. The van der Waals surface area contributed by atoms with E-state index in [9.17, 15) is 9.90 Å². The number of carbonyl (C=O) groups excluding carboxylic acids is 1. The average Bonchev–Trinajstić information content (AvgIpc) is 2.54. The summed E-state index contributed by atoms with van der Waals surface area (Å²) in [6, 6.07) is 8.69. The van der Waals surface area contributed by atoms with Crippen molar-refractivity contribution >= 4 is 5.91 Å². The minimum atomic E-state index is -0.413. The van der Waals surface area contributed by atoms with Gasteiger partial charge in [-0.3, -0.25) is 4.79 Å². The molecule has 1 rings (SSSR count). The van der Waals surface area contributed by atoms with Gasteiger partial charge in [0.15, 0.2) is 0 Å². The smallest absolute Gasteiger partial charge is 0.263 e. The zero-order chi connectivity index (χ0) is 17.1. The van der Waals surface area contributed by atoms with Crippen molar-refractivity contribution in [2.24, 2.45) is 0 Å². The van der Waals surface area contributed by atoms with Gasteiger partial charge in [-0.25, -0.2) is 0 Å². The number of nitriles is 1. The normalized spacial score (nSPS) is 10.5. The number of hydrogen-bond donors (Lipinski definition) is 2. The Morgan fingerprint density at radius 2 is 1.87 bits per heavy atom. The Kier molecular flexibility index (Phi) is 7.73. The van der Waals surface area contributed by atoms with Gasteiger partial charge in [0.2, 0.25) is 0 Å². The molecular weight excluding hydrogens is 290 g/mol. The maximum atomic E-state index is 12.0. The third-order valence-electron chi connectivity index (χ3n) is 3.04. The number of nitrogens with one attached hydrogen (secondary N) is 1. The van der Waals surface area contributed by atoms with Crippen molar-refractivity contribution in [3.63, 3.8) is 0 Å². The molecule has 2 N–H and O–H groups in total. The Morgan fingerprint density at radius 3 is 2.39 bits per heavy atom. The Hall–Kier alpha value is -3.00. The monoisotopic (exact) mass is 311 g/mol. The van der Waals surface area contributed by atoms with Crippen LogP contribution in [0.3, 0.4) is 0 Å². The van der Waals surface area contributed by atoms with E-state index in [1.165, 1.54) is 6.20 Å². The lowest BCUT2D eigenvalue weighted by Crippen LogP contribution is -2.28. The molecule has 0 spiro atoms. The van der Waals surface area contributed by atoms with E-state index in [0.717, 1.165) is 5.56 Å². The number of hydrogen-bond acceptors (Lipinski definition) is 4. The second-order valence-corrected chi connectivity index (χ2v) is 4.86. The molecule has 0 aliphatic heterocycles. The molecule has 0 radical (unpaired) electrons. The van der Waals surface area contributed by atoms with Gasteiger partial charge in [-0.1, -0.05) is 24.3 Å². The Balaban J connectivity index is 2.58. The quantitative estimate of drug-likeness (QED) is 0.416. The number of phenolic OH excluding ortho intramolecular Hbond substituents is 1. The number of phenols is 1. The lowest BCUT2D eigenvalue weighted by atomic mass is 10.1. The van der Waals surface area contributed by atoms with Crippen LogP contribution < -0.4 is 5.32 Å². The van der Waals surface area contributed by atoms with Gasteiger partial charge in [0.1, 0.15) is 17.4 Å². The molecule has 120 valence electrons. The van der Waals surface area contributed by atoms with E-state index in [4.69, 9.17) is 5.26 Å². The SMILES string of the molecule is C=CCN(/C=C(/C#N)C(=O)NCCc1ccc(O)cc1)CC=C. The molecule has 1 aromatic carbocycles. The van der Waals surface area contributed by atoms with Crippen molar-refractivity contribution in [3.8, 4) is 11.8 Å². The van der Waals surface area contributed by atoms with E-state index in [0.29, 0.717) is 26.1 Å². The van der Waals surface area contributed by atoms with Crippen LogP contribution in [0.1, 0.15) is 5.56 Å². The highest BCUT2D eigenvalue weighted by atomic mass is 16.3. The highest BCUT2D eigenvalue weighted by molar-refractivity contribution is 5.97. The highest BCUT2D eigenvalue weighted by Gasteiger charge is 2.10. The maximum absolute atomic E-state index is 12.0. The number of nitrogens with zero attached hydrogens (tertiary/aromatic N) is 2. The third kappa shape index (κ3) is 6.53. The van der Waals surface area contributed by atoms with E-state index < -0.39 is 5.91 Å². The molecule has 0 aromatic heterocycles. The molecular formula is C18H21N3O2. The summed E-state index contributed by atoms with van der Waals surface area (Å²) in [7, 11) is 0. The number of carbonyl (C=O) groups is 1. The first-order chi connectivity index (χ1) is 11.1. The van der Waals surface area contributed by atoms with Crippen LogP contribution in [0.2, 0.25) is 0 Å². The molecule has 0 aliphatic rings. The first kappa shape index (κ1) is 18.1. The van der Waals surface area contributed by atoms with Gasteiger partial charge >= 0.3 is 0 Å². The van der Waals surface area contributed by atoms with Crippen LogP contribution in [0.4, 0.5) is 0 Å². The summed E-state index contributed by atoms with van der Waals surface area (Å²) in [5, 5.41) is 21.1. The summed E-state index contributed by atoms with van der Waals surface area (Å²) in [5.74, 6) is -0.207. The second-order valence-electron chi connectivity index (χ2n) is 4.86. The van der Waals surface area contributed by atoms with Gasteiger partial charge < -0.3 is 15.3 Å². The predicted molar refractivity (Wildman–Crippen MR) is 90.5 cm³/mol. The van der Waals surface area contributed by atoms with Gasteiger partial charge in [-0.2, -0.15) is 5.26 Å². The molecule has 5 heteroatoms. The molecule has 1 aromatic rings. The van der Waals surface area contributed by atoms with Crippen LogP contribution >= 0.6 is 0 Å². The van der Waals surface area contributed by atoms with Crippen LogP contribution in [0.15, 0.2) is 61.3 Å². The highest BCUT2D eigenvalue weighted by Crippen LogP contribution is 2.09. The summed E-state index contributed by atoms with van der Waals surface area (Å²) in [6.45, 7) is 8.75. The molecule has 0 atom stereocenters. The fourth-order valence-corrected chi connectivity index (χ4v) is 1.91. The van der Waals surface area contributed by atoms with E-state index in [1.54, 1.807) is 41.3 Å². The zero-order valence-corrected chi connectivity index (χ0v) is 13.0. The largest absolute Gasteiger partial charge is 0.508 e. The lowest BCUT2D eigenvalue weighted by molar-refractivity contribution is -0.117. The van der Waals surface area contributed by atoms with E-state index >= 15 is 0 Å². The molecule has 0 saturated heterocycles. The average molecular weight is 311 g/mol. The number of aromatic hydroxyl groups is 1. The summed E-state index contributed by atoms with van der Waals surface area (Å²) in [5.41, 5.74) is 1.03. The molecule has 0 heterocycles. The molecule has 0 aliphatic carbocycles. The molecule has 1 amide bonds. The van der Waals surface area contributed by atoms with Crippen LogP contribution in [0.25, 0.3) is 0 Å². The Bertz CT molecular complexity index is 602. The van der Waals surface area contributed by atoms with Crippen molar-refractivity contribution < 1.29 is 9.90 Å². The van der Waals surface area contributed by atoms with Crippen LogP contribution in [-0.4, -0.2) is 35.5 Å². The van der Waals surface area contributed by atoms with Crippen molar-refractivity contribution in [2.45, 2.75) is 6.42 Å². The van der Waals surface area contributed by atoms with Gasteiger partial charge in [0, 0.05) is 25.8 Å². The van der Waals surface area contributed by atoms with Crippen molar-refractivity contribution in [1.29, 1.82) is 5.26 Å². The molecule has 5 nitrogen and oxygen atoms in total. The topological polar surface area (TPSA) is 76.4 Å². The third-order valence-corrected chi connectivity index (χ3v) is 3.04. The van der Waals surface area contributed by atoms with E-state index in [1.807, 2.05) is 6.07 Å². The van der Waals surface area contributed by atoms with Crippen LogP contribution in [0, 0.1) is 11.3 Å². The number of benzene rings is 1. The van der Waals surface area contributed by atoms with Crippen LogP contribution in [0.5, 0.6) is 5.75 Å². The van der Waals surface area contributed by atoms with Gasteiger partial charge in [-0.15, -0.1) is 13.2 Å². The maximum Gasteiger partial charge on any atom is 0.263 e. The molecule has 0 saturated carbocycles. The van der Waals surface area contributed by atoms with E-state index in [-0.39, 0.29) is 11.3 Å². The Labute approximate surface area is 136 Å². The molecule has 23 heavy (non-hydrogen) atoms. The lowest BCUT2D eigenvalue weighted by Gasteiger charge is -2.16. The fourth-order valence-electron chi connectivity index (χ4n) is 1.91. The van der Waals surface area contributed by atoms with Crippen molar-refractivity contribution in [2.75, 3.05) is 19.6 Å². The minimum Gasteiger partial charge on any atom is -0.508 e. The van der Waals surface area contributed by atoms with Crippen molar-refractivity contribution in [3.05, 3.63) is 66.9 Å². The van der Waals surface area contributed by atoms with Gasteiger partial charge in [0.05, 0.1) is 0 Å². The summed E-state index contributed by atoms with van der Waals surface area (Å²) in [6.07, 6.45) is 5.52. The number of rotatable bonds is 9. The zero-order valence-electron chi connectivity index (χ0n) is 13.0. The van der Waals surface area contributed by atoms with Crippen molar-refractivity contribution in [1.82, 2.24) is 10.2 Å². The number of amides is 1. The Morgan fingerprint density at radius 1 is 1.26 bits per heavy atom. The summed E-state index contributed by atoms with van der Waals surface area (Å²) < 4.78 is 0. The summed E-state index contributed by atoms with van der Waals surface area (Å²) in [4.78, 5) is 13.8. The molecule has 0 fully saturated rings. The summed E-state index contributed by atoms with van der Waals surface area (Å²) >= 11 is 0. The first-order valence-electron chi connectivity index (χ1n) is 7.24. The predicted octanol–water partition coefficient (Wildman–Crippen LogP) is 2.13. The first-order valence-corrected chi connectivity index (χ1v) is 7.24. The van der Waals surface area contributed by atoms with Crippen LogP contribution in [-0.2, 0) is 11.2 Å². The second kappa shape index (κ2) is 9.85. The fraction of sp³-hybridized carbons (Fsp3) is 0.222. The van der Waals surface area contributed by atoms with Gasteiger partial charge in [0.25, 0.3) is 5.91 Å². The van der Waals surface area contributed by atoms with Gasteiger partial charge in [-0.05, 0) is 24.1 Å². The minimum absolute atomic E-state index is 0.0411.